The summed E-state index contributed by atoms with van der Waals surface area (Å²) in [6.45, 7) is 4.46. The lowest BCUT2D eigenvalue weighted by molar-refractivity contribution is 0.172. The zero-order valence-corrected chi connectivity index (χ0v) is 9.55. The van der Waals surface area contributed by atoms with Crippen LogP contribution in [0.5, 0.6) is 0 Å². The van der Waals surface area contributed by atoms with Crippen LogP contribution in [0.2, 0.25) is 0 Å². The highest BCUT2D eigenvalue weighted by Gasteiger charge is 2.19. The maximum Gasteiger partial charge on any atom is 0.130 e. The molecule has 2 rings (SSSR count). The predicted octanol–water partition coefficient (Wildman–Crippen LogP) is 3.20. The van der Waals surface area contributed by atoms with Crippen LogP contribution < -0.4 is 0 Å². The van der Waals surface area contributed by atoms with Gasteiger partial charge in [0, 0.05) is 18.7 Å². The first-order valence-electron chi connectivity index (χ1n) is 5.82. The van der Waals surface area contributed by atoms with Crippen molar-refractivity contribution in [1.82, 2.24) is 4.90 Å². The van der Waals surface area contributed by atoms with Crippen molar-refractivity contribution in [3.63, 3.8) is 0 Å². The molecule has 1 aliphatic heterocycles. The number of piperidine rings is 1. The molecule has 0 N–H and O–H groups in total. The first-order chi connectivity index (χ1) is 7.66. The quantitative estimate of drug-likeness (QED) is 0.747. The molecule has 1 fully saturated rings. The second-order valence-corrected chi connectivity index (χ2v) is 4.68. The summed E-state index contributed by atoms with van der Waals surface area (Å²) in [5, 5.41) is 0. The van der Waals surface area contributed by atoms with E-state index in [-0.39, 0.29) is 5.56 Å². The van der Waals surface area contributed by atoms with Gasteiger partial charge in [-0.15, -0.1) is 0 Å². The van der Waals surface area contributed by atoms with Crippen molar-refractivity contribution in [2.24, 2.45) is 5.92 Å². The summed E-state index contributed by atoms with van der Waals surface area (Å²) in [5.74, 6) is -0.236. The smallest absolute Gasteiger partial charge is 0.130 e. The molecule has 0 radical (unpaired) electrons. The fourth-order valence-electron chi connectivity index (χ4n) is 2.34. The van der Waals surface area contributed by atoms with Gasteiger partial charge in [0.05, 0.1) is 0 Å². The lowest BCUT2D eigenvalue weighted by Gasteiger charge is -2.30. The molecule has 1 nitrogen and oxygen atoms in total. The van der Waals surface area contributed by atoms with Gasteiger partial charge < -0.3 is 0 Å². The number of hydrogen-bond donors (Lipinski definition) is 0. The summed E-state index contributed by atoms with van der Waals surface area (Å²) in [5.41, 5.74) is 0.205. The SMILES string of the molecule is CC1CCCN(Cc2c(F)cccc2F)C1. The van der Waals surface area contributed by atoms with E-state index in [1.165, 1.54) is 24.6 Å². The van der Waals surface area contributed by atoms with Crippen LogP contribution in [-0.4, -0.2) is 18.0 Å². The average Bonchev–Trinajstić information content (AvgIpc) is 2.24. The number of nitrogens with zero attached hydrogens (tertiary/aromatic N) is 1. The number of hydrogen-bond acceptors (Lipinski definition) is 1. The molecule has 3 heteroatoms. The van der Waals surface area contributed by atoms with E-state index < -0.39 is 11.6 Å². The van der Waals surface area contributed by atoms with Crippen molar-refractivity contribution < 1.29 is 8.78 Å². The van der Waals surface area contributed by atoms with Crippen LogP contribution in [0, 0.1) is 17.6 Å². The van der Waals surface area contributed by atoms with Gasteiger partial charge in [0.15, 0.2) is 0 Å². The molecule has 0 amide bonds. The van der Waals surface area contributed by atoms with Gasteiger partial charge in [-0.25, -0.2) is 8.78 Å². The maximum atomic E-state index is 13.4. The first kappa shape index (κ1) is 11.5. The van der Waals surface area contributed by atoms with Gasteiger partial charge in [0.2, 0.25) is 0 Å². The van der Waals surface area contributed by atoms with Crippen molar-refractivity contribution in [2.45, 2.75) is 26.3 Å². The van der Waals surface area contributed by atoms with E-state index in [9.17, 15) is 8.78 Å². The minimum atomic E-state index is -0.432. The monoisotopic (exact) mass is 225 g/mol. The van der Waals surface area contributed by atoms with Crippen LogP contribution in [0.4, 0.5) is 8.78 Å². The standard InChI is InChI=1S/C13H17F2N/c1-10-4-3-7-16(8-10)9-11-12(14)5-2-6-13(11)15/h2,5-6,10H,3-4,7-9H2,1H3. The topological polar surface area (TPSA) is 3.24 Å². The lowest BCUT2D eigenvalue weighted by Crippen LogP contribution is -2.34. The molecule has 1 aliphatic rings. The molecule has 1 unspecified atom stereocenters. The van der Waals surface area contributed by atoms with Crippen LogP contribution in [0.25, 0.3) is 0 Å². The Hall–Kier alpha value is -0.960. The molecule has 1 aromatic rings. The summed E-state index contributed by atoms with van der Waals surface area (Å²) in [7, 11) is 0. The molecular formula is C13H17F2N. The Morgan fingerprint density at radius 1 is 1.31 bits per heavy atom. The van der Waals surface area contributed by atoms with Crippen molar-refractivity contribution in [1.29, 1.82) is 0 Å². The zero-order chi connectivity index (χ0) is 11.5. The van der Waals surface area contributed by atoms with Gasteiger partial charge in [0.25, 0.3) is 0 Å². The second kappa shape index (κ2) is 4.91. The molecule has 88 valence electrons. The van der Waals surface area contributed by atoms with Gasteiger partial charge in [-0.2, -0.15) is 0 Å². The minimum absolute atomic E-state index is 0.205. The van der Waals surface area contributed by atoms with Gasteiger partial charge in [-0.05, 0) is 37.4 Å². The Balaban J connectivity index is 2.08. The summed E-state index contributed by atoms with van der Waals surface area (Å²) in [6, 6.07) is 4.06. The summed E-state index contributed by atoms with van der Waals surface area (Å²) in [6.07, 6.45) is 2.34. The molecule has 1 aromatic carbocycles. The summed E-state index contributed by atoms with van der Waals surface area (Å²) >= 11 is 0. The fourth-order valence-corrected chi connectivity index (χ4v) is 2.34. The Morgan fingerprint density at radius 2 is 2.00 bits per heavy atom. The van der Waals surface area contributed by atoms with Crippen molar-refractivity contribution in [2.75, 3.05) is 13.1 Å². The number of halogens is 2. The fraction of sp³-hybridized carbons (Fsp3) is 0.538. The Bertz CT molecular complexity index is 345. The molecule has 0 saturated carbocycles. The van der Waals surface area contributed by atoms with Gasteiger partial charge in [0.1, 0.15) is 11.6 Å². The number of benzene rings is 1. The molecule has 0 bridgehead atoms. The highest BCUT2D eigenvalue weighted by atomic mass is 19.1. The third kappa shape index (κ3) is 2.59. The molecule has 1 heterocycles. The highest BCUT2D eigenvalue weighted by Crippen LogP contribution is 2.20. The van der Waals surface area contributed by atoms with Crippen LogP contribution in [0.15, 0.2) is 18.2 Å². The van der Waals surface area contributed by atoms with Gasteiger partial charge in [-0.1, -0.05) is 13.0 Å². The predicted molar refractivity (Wildman–Crippen MR) is 60.0 cm³/mol. The van der Waals surface area contributed by atoms with E-state index in [4.69, 9.17) is 0 Å². The maximum absolute atomic E-state index is 13.4. The number of rotatable bonds is 2. The third-order valence-electron chi connectivity index (χ3n) is 3.18. The third-order valence-corrected chi connectivity index (χ3v) is 3.18. The van der Waals surface area contributed by atoms with Crippen molar-refractivity contribution >= 4 is 0 Å². The zero-order valence-electron chi connectivity index (χ0n) is 9.55. The molecule has 0 spiro atoms. The first-order valence-corrected chi connectivity index (χ1v) is 5.82. The molecule has 0 aliphatic carbocycles. The Morgan fingerprint density at radius 3 is 2.62 bits per heavy atom. The Labute approximate surface area is 95.1 Å². The molecule has 0 aromatic heterocycles. The summed E-state index contributed by atoms with van der Waals surface area (Å²) in [4.78, 5) is 2.13. The largest absolute Gasteiger partial charge is 0.299 e. The minimum Gasteiger partial charge on any atom is -0.299 e. The van der Waals surface area contributed by atoms with E-state index in [2.05, 4.69) is 11.8 Å². The van der Waals surface area contributed by atoms with Crippen LogP contribution in [0.3, 0.4) is 0 Å². The summed E-state index contributed by atoms with van der Waals surface area (Å²) < 4.78 is 26.9. The van der Waals surface area contributed by atoms with Crippen LogP contribution in [-0.2, 0) is 6.54 Å². The number of likely N-dealkylation sites (tertiary alicyclic amines) is 1. The normalized spacial score (nSPS) is 22.3. The average molecular weight is 225 g/mol. The van der Waals surface area contributed by atoms with Gasteiger partial charge >= 0.3 is 0 Å². The van der Waals surface area contributed by atoms with E-state index in [1.807, 2.05) is 0 Å². The van der Waals surface area contributed by atoms with E-state index in [0.29, 0.717) is 12.5 Å². The Kier molecular flexibility index (Phi) is 3.54. The van der Waals surface area contributed by atoms with Crippen molar-refractivity contribution in [3.05, 3.63) is 35.4 Å². The van der Waals surface area contributed by atoms with Crippen LogP contribution in [0.1, 0.15) is 25.3 Å². The molecule has 1 saturated heterocycles. The molecular weight excluding hydrogens is 208 g/mol. The highest BCUT2D eigenvalue weighted by molar-refractivity contribution is 5.19. The van der Waals surface area contributed by atoms with Crippen LogP contribution >= 0.6 is 0 Å². The lowest BCUT2D eigenvalue weighted by atomic mass is 10.00. The second-order valence-electron chi connectivity index (χ2n) is 4.68. The van der Waals surface area contributed by atoms with E-state index in [1.54, 1.807) is 0 Å². The van der Waals surface area contributed by atoms with E-state index in [0.717, 1.165) is 19.5 Å². The van der Waals surface area contributed by atoms with Crippen molar-refractivity contribution in [3.8, 4) is 0 Å². The molecule has 16 heavy (non-hydrogen) atoms. The van der Waals surface area contributed by atoms with Gasteiger partial charge in [-0.3, -0.25) is 4.90 Å². The van der Waals surface area contributed by atoms with E-state index >= 15 is 0 Å². The molecule has 1 atom stereocenters.